The van der Waals surface area contributed by atoms with Gasteiger partial charge in [-0.3, -0.25) is 9.59 Å². The van der Waals surface area contributed by atoms with Crippen LogP contribution >= 0.6 is 0 Å². The Balaban J connectivity index is 1.74. The van der Waals surface area contributed by atoms with Crippen LogP contribution in [0.25, 0.3) is 0 Å². The highest BCUT2D eigenvalue weighted by atomic mass is 16.4. The van der Waals surface area contributed by atoms with E-state index in [4.69, 9.17) is 0 Å². The van der Waals surface area contributed by atoms with Crippen LogP contribution in [0.5, 0.6) is 0 Å². The number of carbonyl (C=O) groups is 3. The van der Waals surface area contributed by atoms with Crippen molar-refractivity contribution in [2.45, 2.75) is 56.3 Å². The van der Waals surface area contributed by atoms with Gasteiger partial charge in [0, 0.05) is 19.5 Å². The topological polar surface area (TPSA) is 110 Å². The smallest absolute Gasteiger partial charge is 0.326 e. The van der Waals surface area contributed by atoms with E-state index in [1.54, 1.807) is 0 Å². The molecule has 0 aromatic carbocycles. The van der Waals surface area contributed by atoms with Crippen LogP contribution < -0.4 is 5.32 Å². The van der Waals surface area contributed by atoms with Crippen molar-refractivity contribution >= 4 is 17.8 Å². The molecule has 23 heavy (non-hydrogen) atoms. The van der Waals surface area contributed by atoms with Gasteiger partial charge in [0.15, 0.2) is 0 Å². The molecule has 0 saturated carbocycles. The first kappa shape index (κ1) is 16.2. The number of hydrogen-bond donors (Lipinski definition) is 3. The zero-order valence-corrected chi connectivity index (χ0v) is 13.0. The monoisotopic (exact) mass is 325 g/mol. The summed E-state index contributed by atoms with van der Waals surface area (Å²) in [6.45, 7) is 1.31. The third-order valence-electron chi connectivity index (χ3n) is 5.03. The molecular weight excluding hydrogens is 302 g/mol. The van der Waals surface area contributed by atoms with Crippen molar-refractivity contribution in [2.24, 2.45) is 0 Å². The standard InChI is InChI=1S/C15H23N3O5/c19-9-7-12(14(21)17-6-2-4-11(17)15(22)23)18(8-9)13(20)10-3-1-5-16-10/h9-12,16,19H,1-8H2,(H,22,23)/t9-,10+,11+,12+/m1/s1. The van der Waals surface area contributed by atoms with Gasteiger partial charge >= 0.3 is 5.97 Å². The number of aliphatic hydroxyl groups is 1. The van der Waals surface area contributed by atoms with Gasteiger partial charge in [0.05, 0.1) is 12.1 Å². The molecular formula is C15H23N3O5. The van der Waals surface area contributed by atoms with Crippen LogP contribution in [0.2, 0.25) is 0 Å². The molecule has 3 aliphatic heterocycles. The average molecular weight is 325 g/mol. The van der Waals surface area contributed by atoms with Gasteiger partial charge in [0.1, 0.15) is 12.1 Å². The molecule has 8 nitrogen and oxygen atoms in total. The molecule has 0 radical (unpaired) electrons. The number of carbonyl (C=O) groups excluding carboxylic acids is 2. The van der Waals surface area contributed by atoms with Crippen molar-refractivity contribution in [1.82, 2.24) is 15.1 Å². The molecule has 0 aliphatic carbocycles. The van der Waals surface area contributed by atoms with Crippen LogP contribution in [0.15, 0.2) is 0 Å². The maximum absolute atomic E-state index is 12.8. The Bertz CT molecular complexity index is 505. The van der Waals surface area contributed by atoms with Gasteiger partial charge in [-0.1, -0.05) is 0 Å². The molecule has 2 amide bonds. The summed E-state index contributed by atoms with van der Waals surface area (Å²) in [4.78, 5) is 39.5. The molecule has 0 aromatic rings. The number of likely N-dealkylation sites (tertiary alicyclic amines) is 2. The molecule has 128 valence electrons. The van der Waals surface area contributed by atoms with Gasteiger partial charge < -0.3 is 25.3 Å². The Morgan fingerprint density at radius 1 is 1.00 bits per heavy atom. The van der Waals surface area contributed by atoms with Crippen LogP contribution in [0, 0.1) is 0 Å². The lowest BCUT2D eigenvalue weighted by molar-refractivity contribution is -0.152. The van der Waals surface area contributed by atoms with E-state index < -0.39 is 24.2 Å². The van der Waals surface area contributed by atoms with E-state index in [0.717, 1.165) is 19.4 Å². The quantitative estimate of drug-likeness (QED) is 0.600. The Morgan fingerprint density at radius 3 is 2.43 bits per heavy atom. The fourth-order valence-electron chi connectivity index (χ4n) is 3.87. The van der Waals surface area contributed by atoms with E-state index in [1.165, 1.54) is 9.80 Å². The summed E-state index contributed by atoms with van der Waals surface area (Å²) in [5, 5.41) is 22.3. The predicted octanol–water partition coefficient (Wildman–Crippen LogP) is -1.22. The van der Waals surface area contributed by atoms with Crippen molar-refractivity contribution < 1.29 is 24.6 Å². The summed E-state index contributed by atoms with van der Waals surface area (Å²) in [7, 11) is 0. The second kappa shape index (κ2) is 6.45. The van der Waals surface area contributed by atoms with Crippen LogP contribution in [0.1, 0.15) is 32.1 Å². The van der Waals surface area contributed by atoms with E-state index in [1.807, 2.05) is 0 Å². The number of aliphatic hydroxyl groups excluding tert-OH is 1. The maximum atomic E-state index is 12.8. The first-order valence-electron chi connectivity index (χ1n) is 8.24. The lowest BCUT2D eigenvalue weighted by Crippen LogP contribution is -2.53. The third-order valence-corrected chi connectivity index (χ3v) is 5.03. The Hall–Kier alpha value is -1.67. The van der Waals surface area contributed by atoms with Gasteiger partial charge in [-0.05, 0) is 32.2 Å². The minimum absolute atomic E-state index is 0.138. The summed E-state index contributed by atoms with van der Waals surface area (Å²) < 4.78 is 0. The Kier molecular flexibility index (Phi) is 4.54. The highest BCUT2D eigenvalue weighted by Crippen LogP contribution is 2.26. The summed E-state index contributed by atoms with van der Waals surface area (Å²) >= 11 is 0. The number of nitrogens with zero attached hydrogens (tertiary/aromatic N) is 2. The number of carboxylic acid groups (broad SMARTS) is 1. The van der Waals surface area contributed by atoms with E-state index in [2.05, 4.69) is 5.32 Å². The number of hydrogen-bond acceptors (Lipinski definition) is 5. The van der Waals surface area contributed by atoms with Crippen LogP contribution in [-0.2, 0) is 14.4 Å². The predicted molar refractivity (Wildman–Crippen MR) is 79.5 cm³/mol. The summed E-state index contributed by atoms with van der Waals surface area (Å²) in [5.41, 5.74) is 0. The van der Waals surface area contributed by atoms with Crippen LogP contribution in [0.4, 0.5) is 0 Å². The second-order valence-corrected chi connectivity index (χ2v) is 6.57. The molecule has 4 atom stereocenters. The average Bonchev–Trinajstić information content (AvgIpc) is 3.25. The zero-order chi connectivity index (χ0) is 16.6. The second-order valence-electron chi connectivity index (χ2n) is 6.57. The lowest BCUT2D eigenvalue weighted by Gasteiger charge is -2.31. The maximum Gasteiger partial charge on any atom is 0.326 e. The van der Waals surface area contributed by atoms with Crippen molar-refractivity contribution in [2.75, 3.05) is 19.6 Å². The largest absolute Gasteiger partial charge is 0.480 e. The molecule has 0 unspecified atom stereocenters. The Morgan fingerprint density at radius 2 is 1.78 bits per heavy atom. The number of aliphatic carboxylic acids is 1. The minimum atomic E-state index is -1.01. The van der Waals surface area contributed by atoms with Crippen LogP contribution in [0.3, 0.4) is 0 Å². The molecule has 3 aliphatic rings. The highest BCUT2D eigenvalue weighted by molar-refractivity contribution is 5.92. The summed E-state index contributed by atoms with van der Waals surface area (Å²) in [6, 6.07) is -1.87. The first-order chi connectivity index (χ1) is 11.0. The number of rotatable bonds is 3. The molecule has 3 saturated heterocycles. The fourth-order valence-corrected chi connectivity index (χ4v) is 3.87. The summed E-state index contributed by atoms with van der Waals surface area (Å²) in [5.74, 6) is -1.52. The van der Waals surface area contributed by atoms with Crippen molar-refractivity contribution in [3.63, 3.8) is 0 Å². The molecule has 0 spiro atoms. The van der Waals surface area contributed by atoms with E-state index in [-0.39, 0.29) is 30.8 Å². The van der Waals surface area contributed by atoms with Crippen LogP contribution in [-0.4, -0.2) is 81.7 Å². The molecule has 0 bridgehead atoms. The van der Waals surface area contributed by atoms with E-state index >= 15 is 0 Å². The molecule has 3 N–H and O–H groups in total. The fraction of sp³-hybridized carbons (Fsp3) is 0.800. The van der Waals surface area contributed by atoms with Crippen molar-refractivity contribution in [3.8, 4) is 0 Å². The number of carboxylic acids is 1. The molecule has 3 heterocycles. The van der Waals surface area contributed by atoms with E-state index in [0.29, 0.717) is 19.4 Å². The van der Waals surface area contributed by atoms with Gasteiger partial charge in [-0.2, -0.15) is 0 Å². The first-order valence-corrected chi connectivity index (χ1v) is 8.24. The number of amides is 2. The van der Waals surface area contributed by atoms with Crippen molar-refractivity contribution in [1.29, 1.82) is 0 Å². The Labute approximate surface area is 134 Å². The van der Waals surface area contributed by atoms with Gasteiger partial charge in [0.2, 0.25) is 11.8 Å². The molecule has 3 rings (SSSR count). The normalized spacial score (nSPS) is 34.1. The number of nitrogens with one attached hydrogen (secondary N) is 1. The van der Waals surface area contributed by atoms with Gasteiger partial charge in [0.25, 0.3) is 0 Å². The zero-order valence-electron chi connectivity index (χ0n) is 13.0. The molecule has 0 aromatic heterocycles. The van der Waals surface area contributed by atoms with Gasteiger partial charge in [-0.25, -0.2) is 4.79 Å². The SMILES string of the molecule is O=C(O)[C@@H]1CCCN1C(=O)[C@@H]1C[C@@H](O)CN1C(=O)[C@@H]1CCCN1. The van der Waals surface area contributed by atoms with Crippen molar-refractivity contribution in [3.05, 3.63) is 0 Å². The lowest BCUT2D eigenvalue weighted by atomic mass is 10.1. The minimum Gasteiger partial charge on any atom is -0.480 e. The number of β-amino-alcohol motifs (C(OH)–C–C–N with tert-alkyl or cyclic N) is 1. The van der Waals surface area contributed by atoms with E-state index in [9.17, 15) is 24.6 Å². The van der Waals surface area contributed by atoms with Gasteiger partial charge in [-0.15, -0.1) is 0 Å². The molecule has 3 fully saturated rings. The summed E-state index contributed by atoms with van der Waals surface area (Å²) in [6.07, 6.45) is 2.18. The molecule has 8 heteroatoms. The third kappa shape index (κ3) is 3.05. The highest BCUT2D eigenvalue weighted by Gasteiger charge is 2.45.